The summed E-state index contributed by atoms with van der Waals surface area (Å²) in [5.74, 6) is 1.97. The Hall–Kier alpha value is -4.72. The van der Waals surface area contributed by atoms with Crippen LogP contribution in [-0.4, -0.2) is 43.1 Å². The van der Waals surface area contributed by atoms with E-state index in [0.29, 0.717) is 55.6 Å². The fourth-order valence-electron chi connectivity index (χ4n) is 9.55. The van der Waals surface area contributed by atoms with Gasteiger partial charge in [0.05, 0.1) is 11.8 Å². The molecule has 2 aliphatic rings. The fourth-order valence-corrected chi connectivity index (χ4v) is 9.55. The van der Waals surface area contributed by atoms with Crippen molar-refractivity contribution in [2.24, 2.45) is 23.7 Å². The molecule has 2 fully saturated rings. The van der Waals surface area contributed by atoms with Gasteiger partial charge in [-0.15, -0.1) is 0 Å². The van der Waals surface area contributed by atoms with Crippen LogP contribution in [0.25, 0.3) is 22.8 Å². The van der Waals surface area contributed by atoms with Gasteiger partial charge in [-0.25, -0.2) is 19.9 Å². The summed E-state index contributed by atoms with van der Waals surface area (Å²) in [6.07, 6.45) is 33.7. The van der Waals surface area contributed by atoms with Crippen molar-refractivity contribution in [2.75, 3.05) is 0 Å². The van der Waals surface area contributed by atoms with Gasteiger partial charge in [-0.05, 0) is 85.5 Å². The topological polar surface area (TPSA) is 120 Å². The summed E-state index contributed by atoms with van der Waals surface area (Å²) < 4.78 is 0. The van der Waals surface area contributed by atoms with Gasteiger partial charge in [0.15, 0.2) is 11.6 Å². The van der Waals surface area contributed by atoms with Gasteiger partial charge in [0.2, 0.25) is 0 Å². The fraction of sp³-hybridized carbons (Fsp3) is 0.579. The van der Waals surface area contributed by atoms with E-state index in [1.807, 2.05) is 73.3 Å². The number of Topliss-reactive ketones (excluding diaryl/α,β-unsaturated/α-hetero) is 4. The number of hydrogen-bond donors (Lipinski definition) is 0. The van der Waals surface area contributed by atoms with E-state index in [0.717, 1.165) is 73.6 Å². The summed E-state index contributed by atoms with van der Waals surface area (Å²) in [7, 11) is 0. The van der Waals surface area contributed by atoms with Crippen molar-refractivity contribution in [3.63, 3.8) is 0 Å². The molecule has 4 aromatic rings. The summed E-state index contributed by atoms with van der Waals surface area (Å²) in [5, 5.41) is 0. The van der Waals surface area contributed by atoms with E-state index in [1.165, 1.54) is 88.2 Å². The standard InChI is InChI=1S/C29H40N2O2.C28H38N2O2/c1-3-5-6-7-8-9-11-24-20-30-29(31-21-24)25-15-12-23(13-16-25)19-28(33)26-17-14-22(10-4-2)18-27(26)32;1-3-5-6-7-8-9-10-23-19-29-28(30-20-23)24-14-11-22(12-15-24)18-27(32)25-16-13-21(4-2)17-26(25)31/h12-13,15-16,20-22,26H,3-11,14,17-19H2,1-2H3;11-12,14-15,19-21,25H,3-10,13,16-18H2,1-2H3. The van der Waals surface area contributed by atoms with E-state index < -0.39 is 11.8 Å². The Bertz CT molecular complexity index is 2030. The van der Waals surface area contributed by atoms with E-state index in [9.17, 15) is 19.2 Å². The minimum Gasteiger partial charge on any atom is -0.299 e. The molecule has 2 aromatic carbocycles. The average molecular weight is 883 g/mol. The molecular weight excluding hydrogens is 805 g/mol. The zero-order chi connectivity index (χ0) is 46.2. The Labute approximate surface area is 391 Å². The first-order chi connectivity index (χ1) is 31.7. The number of carbonyl (C=O) groups is 4. The molecule has 2 heterocycles. The highest BCUT2D eigenvalue weighted by molar-refractivity contribution is 6.04. The van der Waals surface area contributed by atoms with E-state index in [4.69, 9.17) is 0 Å². The zero-order valence-electron chi connectivity index (χ0n) is 40.3. The van der Waals surface area contributed by atoms with Crippen LogP contribution in [0.1, 0.15) is 185 Å². The SMILES string of the molecule is CCCCCCCCc1cnc(-c2ccc(CC(=O)C3CCC(CC)CC3=O)cc2)nc1.CCCCCCCCc1cnc(-c2ccc(CC(=O)C3CCC(CCC)CC3=O)cc2)nc1. The lowest BCUT2D eigenvalue weighted by atomic mass is 9.76. The van der Waals surface area contributed by atoms with Crippen LogP contribution < -0.4 is 0 Å². The van der Waals surface area contributed by atoms with Gasteiger partial charge in [0.1, 0.15) is 23.1 Å². The van der Waals surface area contributed by atoms with Crippen molar-refractivity contribution in [3.8, 4) is 22.8 Å². The number of aryl methyl sites for hydroxylation is 2. The van der Waals surface area contributed by atoms with Gasteiger partial charge >= 0.3 is 0 Å². The number of ketones is 4. The Kier molecular flexibility index (Phi) is 22.4. The molecule has 0 aliphatic heterocycles. The number of unbranched alkanes of at least 4 members (excludes halogenated alkanes) is 10. The predicted molar refractivity (Wildman–Crippen MR) is 263 cm³/mol. The lowest BCUT2D eigenvalue weighted by molar-refractivity contribution is -0.136. The first-order valence-corrected chi connectivity index (χ1v) is 25.6. The molecule has 4 unspecified atom stereocenters. The third kappa shape index (κ3) is 17.2. The molecule has 2 aromatic heterocycles. The van der Waals surface area contributed by atoms with Crippen molar-refractivity contribution >= 4 is 23.1 Å². The van der Waals surface area contributed by atoms with Crippen molar-refractivity contribution < 1.29 is 19.2 Å². The van der Waals surface area contributed by atoms with Crippen molar-refractivity contribution in [1.82, 2.24) is 19.9 Å². The average Bonchev–Trinajstić information content (AvgIpc) is 3.32. The lowest BCUT2D eigenvalue weighted by Crippen LogP contribution is -2.31. The highest BCUT2D eigenvalue weighted by Gasteiger charge is 2.33. The number of aromatic nitrogens is 4. The molecule has 8 heteroatoms. The normalized spacial score (nSPS) is 18.5. The lowest BCUT2D eigenvalue weighted by Gasteiger charge is -2.26. The van der Waals surface area contributed by atoms with Crippen LogP contribution in [-0.2, 0) is 44.9 Å². The third-order valence-corrected chi connectivity index (χ3v) is 13.8. The van der Waals surface area contributed by atoms with Crippen LogP contribution in [0.5, 0.6) is 0 Å². The van der Waals surface area contributed by atoms with Crippen LogP contribution in [0.15, 0.2) is 73.3 Å². The van der Waals surface area contributed by atoms with Crippen LogP contribution in [0.2, 0.25) is 0 Å². The van der Waals surface area contributed by atoms with Gasteiger partial charge in [0, 0.05) is 61.6 Å². The Morgan fingerprint density at radius 1 is 0.462 bits per heavy atom. The van der Waals surface area contributed by atoms with Crippen molar-refractivity contribution in [1.29, 1.82) is 0 Å². The second kappa shape index (κ2) is 28.3. The van der Waals surface area contributed by atoms with Crippen LogP contribution in [0.4, 0.5) is 0 Å². The smallest absolute Gasteiger partial charge is 0.159 e. The third-order valence-electron chi connectivity index (χ3n) is 13.8. The zero-order valence-corrected chi connectivity index (χ0v) is 40.3. The minimum atomic E-state index is -0.403. The molecule has 2 saturated carbocycles. The molecule has 0 bridgehead atoms. The summed E-state index contributed by atoms with van der Waals surface area (Å²) in [5.41, 5.74) is 6.18. The highest BCUT2D eigenvalue weighted by atomic mass is 16.2. The predicted octanol–water partition coefficient (Wildman–Crippen LogP) is 13.5. The Morgan fingerprint density at radius 2 is 0.846 bits per heavy atom. The van der Waals surface area contributed by atoms with E-state index >= 15 is 0 Å². The maximum atomic E-state index is 12.7. The van der Waals surface area contributed by atoms with Crippen molar-refractivity contribution in [2.45, 2.75) is 188 Å². The Balaban J connectivity index is 0.000000244. The molecule has 350 valence electrons. The van der Waals surface area contributed by atoms with Crippen molar-refractivity contribution in [3.05, 3.63) is 95.6 Å². The van der Waals surface area contributed by atoms with Crippen LogP contribution in [0, 0.1) is 23.7 Å². The summed E-state index contributed by atoms with van der Waals surface area (Å²) in [6, 6.07) is 15.8. The van der Waals surface area contributed by atoms with E-state index in [-0.39, 0.29) is 23.1 Å². The summed E-state index contributed by atoms with van der Waals surface area (Å²) >= 11 is 0. The molecule has 0 saturated heterocycles. The highest BCUT2D eigenvalue weighted by Crippen LogP contribution is 2.31. The molecule has 4 atom stereocenters. The maximum Gasteiger partial charge on any atom is 0.159 e. The molecule has 6 rings (SSSR count). The molecule has 0 radical (unpaired) electrons. The van der Waals surface area contributed by atoms with E-state index in [2.05, 4.69) is 47.6 Å². The van der Waals surface area contributed by atoms with Gasteiger partial charge in [0.25, 0.3) is 0 Å². The largest absolute Gasteiger partial charge is 0.299 e. The molecule has 0 amide bonds. The molecule has 0 N–H and O–H groups in total. The van der Waals surface area contributed by atoms with Gasteiger partial charge in [-0.3, -0.25) is 19.2 Å². The Morgan fingerprint density at radius 3 is 1.23 bits per heavy atom. The molecule has 0 spiro atoms. The first kappa shape index (κ1) is 51.3. The molecular formula is C57H78N4O4. The minimum absolute atomic E-state index is 0.0626. The van der Waals surface area contributed by atoms with Gasteiger partial charge in [-0.1, -0.05) is 160 Å². The molecule has 8 nitrogen and oxygen atoms in total. The second-order valence-corrected chi connectivity index (χ2v) is 19.1. The van der Waals surface area contributed by atoms with Gasteiger partial charge < -0.3 is 0 Å². The number of hydrogen-bond acceptors (Lipinski definition) is 8. The quantitative estimate of drug-likeness (QED) is 0.0477. The second-order valence-electron chi connectivity index (χ2n) is 19.1. The van der Waals surface area contributed by atoms with Crippen LogP contribution in [0.3, 0.4) is 0 Å². The van der Waals surface area contributed by atoms with E-state index in [1.54, 1.807) is 0 Å². The number of rotatable bonds is 25. The summed E-state index contributed by atoms with van der Waals surface area (Å²) in [6.45, 7) is 8.76. The van der Waals surface area contributed by atoms with Gasteiger partial charge in [-0.2, -0.15) is 0 Å². The molecule has 2 aliphatic carbocycles. The monoisotopic (exact) mass is 883 g/mol. The number of benzene rings is 2. The number of nitrogens with zero attached hydrogens (tertiary/aromatic N) is 4. The molecule has 65 heavy (non-hydrogen) atoms. The summed E-state index contributed by atoms with van der Waals surface area (Å²) in [4.78, 5) is 68.4. The van der Waals surface area contributed by atoms with Crippen LogP contribution >= 0.6 is 0 Å². The maximum absolute atomic E-state index is 12.7. The number of carbonyl (C=O) groups excluding carboxylic acids is 4. The first-order valence-electron chi connectivity index (χ1n) is 25.6.